The molecule has 0 amide bonds. The molecule has 4 heteroatoms. The number of fused-ring (bicyclic) bond motifs is 1. The number of benzene rings is 1. The van der Waals surface area contributed by atoms with E-state index in [1.54, 1.807) is 18.0 Å². The summed E-state index contributed by atoms with van der Waals surface area (Å²) in [5.74, 6) is 2.82. The fraction of sp³-hybridized carbons (Fsp3) is 0.235. The summed E-state index contributed by atoms with van der Waals surface area (Å²) in [5, 5.41) is 4.54. The lowest BCUT2D eigenvalue weighted by atomic mass is 10.1. The monoisotopic (exact) mass is 298 g/mol. The largest absolute Gasteiger partial charge is 0.468 e. The van der Waals surface area contributed by atoms with Crippen molar-refractivity contribution in [2.45, 2.75) is 24.5 Å². The zero-order valence-electron chi connectivity index (χ0n) is 12.2. The van der Waals surface area contributed by atoms with E-state index in [-0.39, 0.29) is 0 Å². The smallest absolute Gasteiger partial charge is 0.130 e. The molecular weight excluding hydrogens is 280 g/mol. The van der Waals surface area contributed by atoms with E-state index in [1.165, 1.54) is 15.8 Å². The van der Waals surface area contributed by atoms with Gasteiger partial charge in [-0.1, -0.05) is 18.2 Å². The molecule has 3 nitrogen and oxygen atoms in total. The van der Waals surface area contributed by atoms with Crippen molar-refractivity contribution < 1.29 is 4.42 Å². The molecule has 0 spiro atoms. The third-order valence-corrected chi connectivity index (χ3v) is 4.53. The minimum Gasteiger partial charge on any atom is -0.468 e. The summed E-state index contributed by atoms with van der Waals surface area (Å²) in [5.41, 5.74) is 2.25. The number of hydrogen-bond donors (Lipinski definition) is 1. The zero-order valence-corrected chi connectivity index (χ0v) is 13.0. The molecule has 2 heterocycles. The topological polar surface area (TPSA) is 38.1 Å². The molecule has 0 radical (unpaired) electrons. The van der Waals surface area contributed by atoms with Crippen molar-refractivity contribution in [1.82, 2.24) is 4.98 Å². The lowest BCUT2D eigenvalue weighted by Gasteiger charge is -2.11. The Morgan fingerprint density at radius 3 is 2.86 bits per heavy atom. The zero-order chi connectivity index (χ0) is 14.7. The normalized spacial score (nSPS) is 11.0. The second-order valence-electron chi connectivity index (χ2n) is 4.85. The molecule has 0 unspecified atom stereocenters. The second kappa shape index (κ2) is 6.22. The van der Waals surface area contributed by atoms with Gasteiger partial charge < -0.3 is 9.73 Å². The van der Waals surface area contributed by atoms with Crippen LogP contribution in [0.25, 0.3) is 10.9 Å². The molecule has 3 rings (SSSR count). The number of hydrogen-bond acceptors (Lipinski definition) is 4. The van der Waals surface area contributed by atoms with Gasteiger partial charge in [0.2, 0.25) is 0 Å². The lowest BCUT2D eigenvalue weighted by molar-refractivity contribution is 0.527. The van der Waals surface area contributed by atoms with Crippen LogP contribution in [0.3, 0.4) is 0 Å². The molecule has 21 heavy (non-hydrogen) atoms. The summed E-state index contributed by atoms with van der Waals surface area (Å²) in [6, 6.07) is 12.5. The average Bonchev–Trinajstić information content (AvgIpc) is 2.90. The predicted octanol–water partition coefficient (Wildman–Crippen LogP) is 4.86. The molecule has 0 aliphatic rings. The molecule has 0 fully saturated rings. The molecular formula is C17H18N2OS. The first-order valence-electron chi connectivity index (χ1n) is 7.07. The van der Waals surface area contributed by atoms with Gasteiger partial charge in [-0.2, -0.15) is 0 Å². The van der Waals surface area contributed by atoms with Crippen LogP contribution in [0.2, 0.25) is 0 Å². The number of anilines is 1. The van der Waals surface area contributed by atoms with Gasteiger partial charge in [0.05, 0.1) is 11.8 Å². The van der Waals surface area contributed by atoms with Crippen LogP contribution in [-0.2, 0) is 5.75 Å². The van der Waals surface area contributed by atoms with Crippen LogP contribution in [0.1, 0.15) is 18.2 Å². The lowest BCUT2D eigenvalue weighted by Crippen LogP contribution is -2.03. The summed E-state index contributed by atoms with van der Waals surface area (Å²) in [7, 11) is 0. The number of nitrogens with one attached hydrogen (secondary N) is 1. The van der Waals surface area contributed by atoms with E-state index in [4.69, 9.17) is 9.40 Å². The van der Waals surface area contributed by atoms with Crippen molar-refractivity contribution in [3.63, 3.8) is 0 Å². The SMILES string of the molecule is CCNc1nc2ccccc2cc1CSc1ccoc1C. The van der Waals surface area contributed by atoms with Gasteiger partial charge in [-0.15, -0.1) is 11.8 Å². The molecule has 0 bridgehead atoms. The van der Waals surface area contributed by atoms with Gasteiger partial charge in [-0.25, -0.2) is 4.98 Å². The average molecular weight is 298 g/mol. The van der Waals surface area contributed by atoms with E-state index in [0.29, 0.717) is 0 Å². The van der Waals surface area contributed by atoms with Gasteiger partial charge in [-0.3, -0.25) is 0 Å². The Balaban J connectivity index is 1.91. The Labute approximate surface area is 128 Å². The van der Waals surface area contributed by atoms with Crippen molar-refractivity contribution in [2.24, 2.45) is 0 Å². The van der Waals surface area contributed by atoms with Gasteiger partial charge in [-0.05, 0) is 32.0 Å². The highest BCUT2D eigenvalue weighted by molar-refractivity contribution is 7.98. The van der Waals surface area contributed by atoms with Crippen LogP contribution in [0, 0.1) is 6.92 Å². The molecule has 0 aliphatic heterocycles. The number of thioether (sulfide) groups is 1. The molecule has 3 aromatic rings. The van der Waals surface area contributed by atoms with Crippen LogP contribution in [0.15, 0.2) is 52.0 Å². The summed E-state index contributed by atoms with van der Waals surface area (Å²) in [6.07, 6.45) is 1.74. The Morgan fingerprint density at radius 1 is 1.24 bits per heavy atom. The Kier molecular flexibility index (Phi) is 4.15. The third-order valence-electron chi connectivity index (χ3n) is 3.34. The number of furan rings is 1. The van der Waals surface area contributed by atoms with Crippen LogP contribution < -0.4 is 5.32 Å². The van der Waals surface area contributed by atoms with Crippen LogP contribution in [0.5, 0.6) is 0 Å². The molecule has 1 aromatic carbocycles. The quantitative estimate of drug-likeness (QED) is 0.683. The Morgan fingerprint density at radius 2 is 2.10 bits per heavy atom. The molecule has 0 aliphatic carbocycles. The highest BCUT2D eigenvalue weighted by Crippen LogP contribution is 2.30. The molecule has 2 aromatic heterocycles. The van der Waals surface area contributed by atoms with Crippen molar-refractivity contribution in [1.29, 1.82) is 0 Å². The third kappa shape index (κ3) is 3.05. The highest BCUT2D eigenvalue weighted by Gasteiger charge is 2.09. The van der Waals surface area contributed by atoms with E-state index >= 15 is 0 Å². The van der Waals surface area contributed by atoms with Crippen LogP contribution >= 0.6 is 11.8 Å². The van der Waals surface area contributed by atoms with Gasteiger partial charge in [0.15, 0.2) is 0 Å². The number of para-hydroxylation sites is 1. The van der Waals surface area contributed by atoms with Crippen LogP contribution in [-0.4, -0.2) is 11.5 Å². The van der Waals surface area contributed by atoms with Gasteiger partial charge in [0, 0.05) is 28.1 Å². The van der Waals surface area contributed by atoms with E-state index in [2.05, 4.69) is 24.4 Å². The van der Waals surface area contributed by atoms with Gasteiger partial charge >= 0.3 is 0 Å². The number of aromatic nitrogens is 1. The summed E-state index contributed by atoms with van der Waals surface area (Å²) >= 11 is 1.78. The van der Waals surface area contributed by atoms with Crippen molar-refractivity contribution in [2.75, 3.05) is 11.9 Å². The van der Waals surface area contributed by atoms with Crippen molar-refractivity contribution in [3.05, 3.63) is 54.0 Å². The fourth-order valence-corrected chi connectivity index (χ4v) is 3.20. The van der Waals surface area contributed by atoms with Crippen LogP contribution in [0.4, 0.5) is 5.82 Å². The number of aryl methyl sites for hydroxylation is 1. The minimum atomic E-state index is 0.869. The summed E-state index contributed by atoms with van der Waals surface area (Å²) in [6.45, 7) is 4.95. The standard InChI is InChI=1S/C17H18N2OS/c1-3-18-17-14(11-21-16-8-9-20-12(16)2)10-13-6-4-5-7-15(13)19-17/h4-10H,3,11H2,1-2H3,(H,18,19). The first-order chi connectivity index (χ1) is 10.3. The second-order valence-corrected chi connectivity index (χ2v) is 5.87. The van der Waals surface area contributed by atoms with E-state index < -0.39 is 0 Å². The summed E-state index contributed by atoms with van der Waals surface area (Å²) in [4.78, 5) is 5.93. The number of rotatable bonds is 5. The van der Waals surface area contributed by atoms with Gasteiger partial charge in [0.1, 0.15) is 11.6 Å². The maximum absolute atomic E-state index is 5.35. The molecule has 1 N–H and O–H groups in total. The van der Waals surface area contributed by atoms with E-state index in [1.807, 2.05) is 31.2 Å². The maximum atomic E-state index is 5.35. The maximum Gasteiger partial charge on any atom is 0.130 e. The molecule has 108 valence electrons. The van der Waals surface area contributed by atoms with Crippen molar-refractivity contribution >= 4 is 28.5 Å². The van der Waals surface area contributed by atoms with Crippen molar-refractivity contribution in [3.8, 4) is 0 Å². The minimum absolute atomic E-state index is 0.869. The predicted molar refractivity (Wildman–Crippen MR) is 88.9 cm³/mol. The highest BCUT2D eigenvalue weighted by atomic mass is 32.2. The molecule has 0 atom stereocenters. The van der Waals surface area contributed by atoms with E-state index in [0.717, 1.165) is 29.4 Å². The summed E-state index contributed by atoms with van der Waals surface area (Å²) < 4.78 is 5.35. The first-order valence-corrected chi connectivity index (χ1v) is 8.06. The number of nitrogens with zero attached hydrogens (tertiary/aromatic N) is 1. The fourth-order valence-electron chi connectivity index (χ4n) is 2.27. The Hall–Kier alpha value is -1.94. The first kappa shape index (κ1) is 14.0. The Bertz CT molecular complexity index is 751. The molecule has 0 saturated carbocycles. The number of pyridine rings is 1. The molecule has 0 saturated heterocycles. The van der Waals surface area contributed by atoms with E-state index in [9.17, 15) is 0 Å². The van der Waals surface area contributed by atoms with Gasteiger partial charge in [0.25, 0.3) is 0 Å².